The van der Waals surface area contributed by atoms with Crippen LogP contribution in [0.5, 0.6) is 0 Å². The molecule has 0 spiro atoms. The number of hydrogen-bond donors (Lipinski definition) is 3. The van der Waals surface area contributed by atoms with E-state index in [4.69, 9.17) is 17.3 Å². The van der Waals surface area contributed by atoms with Gasteiger partial charge in [-0.1, -0.05) is 11.6 Å². The molecular weight excluding hydrogens is 290 g/mol. The lowest BCUT2D eigenvalue weighted by Gasteiger charge is -2.18. The molecule has 4 N–H and O–H groups in total. The number of nitrogens with zero attached hydrogens (tertiary/aromatic N) is 1. The van der Waals surface area contributed by atoms with Gasteiger partial charge < -0.3 is 16.2 Å². The van der Waals surface area contributed by atoms with Crippen molar-refractivity contribution in [3.63, 3.8) is 0 Å². The fraction of sp³-hybridized carbons (Fsp3) is 0.533. The average Bonchev–Trinajstić information content (AvgIpc) is 2.95. The van der Waals surface area contributed by atoms with Gasteiger partial charge >= 0.3 is 0 Å². The molecule has 6 heteroatoms. The predicted molar refractivity (Wildman–Crippen MR) is 83.2 cm³/mol. The topological polar surface area (TPSA) is 78.6 Å². The molecule has 1 saturated heterocycles. The van der Waals surface area contributed by atoms with Crippen molar-refractivity contribution in [3.8, 4) is 0 Å². The normalized spacial score (nSPS) is 28.6. The SMILES string of the molecule is Nc1cc(Cl)ccc1NC(=O)CN1CC2CCC(O)C2C1. The second-order valence-electron chi connectivity index (χ2n) is 6.04. The van der Waals surface area contributed by atoms with E-state index in [0.29, 0.717) is 34.8 Å². The largest absolute Gasteiger partial charge is 0.397 e. The van der Waals surface area contributed by atoms with Crippen molar-refractivity contribution in [1.29, 1.82) is 0 Å². The van der Waals surface area contributed by atoms with E-state index in [1.54, 1.807) is 18.2 Å². The van der Waals surface area contributed by atoms with Crippen molar-refractivity contribution in [1.82, 2.24) is 4.90 Å². The Morgan fingerprint density at radius 3 is 2.95 bits per heavy atom. The van der Waals surface area contributed by atoms with Crippen LogP contribution < -0.4 is 11.1 Å². The number of aliphatic hydroxyl groups is 1. The van der Waals surface area contributed by atoms with E-state index in [-0.39, 0.29) is 12.0 Å². The maximum atomic E-state index is 12.1. The average molecular weight is 310 g/mol. The molecule has 1 saturated carbocycles. The minimum atomic E-state index is -0.199. The first-order valence-electron chi connectivity index (χ1n) is 7.28. The van der Waals surface area contributed by atoms with Gasteiger partial charge in [0.05, 0.1) is 24.0 Å². The lowest BCUT2D eigenvalue weighted by Crippen LogP contribution is -2.33. The first kappa shape index (κ1) is 14.6. The highest BCUT2D eigenvalue weighted by atomic mass is 35.5. The molecule has 0 aromatic heterocycles. The van der Waals surface area contributed by atoms with E-state index in [0.717, 1.165) is 25.9 Å². The number of nitrogens with two attached hydrogens (primary N) is 1. The summed E-state index contributed by atoms with van der Waals surface area (Å²) in [5, 5.41) is 13.3. The number of halogens is 1. The Morgan fingerprint density at radius 2 is 2.24 bits per heavy atom. The Kier molecular flexibility index (Phi) is 4.06. The molecule has 21 heavy (non-hydrogen) atoms. The van der Waals surface area contributed by atoms with Gasteiger partial charge in [0.1, 0.15) is 0 Å². The maximum absolute atomic E-state index is 12.1. The third kappa shape index (κ3) is 3.15. The van der Waals surface area contributed by atoms with Crippen LogP contribution in [0.25, 0.3) is 0 Å². The first-order valence-corrected chi connectivity index (χ1v) is 7.66. The Bertz CT molecular complexity index is 552. The molecule has 1 aromatic carbocycles. The van der Waals surface area contributed by atoms with Crippen molar-refractivity contribution in [3.05, 3.63) is 23.2 Å². The highest BCUT2D eigenvalue weighted by molar-refractivity contribution is 6.31. The van der Waals surface area contributed by atoms with Crippen molar-refractivity contribution in [2.24, 2.45) is 11.8 Å². The highest BCUT2D eigenvalue weighted by Gasteiger charge is 2.41. The van der Waals surface area contributed by atoms with Crippen LogP contribution in [0, 0.1) is 11.8 Å². The number of carbonyl (C=O) groups excluding carboxylic acids is 1. The number of anilines is 2. The van der Waals surface area contributed by atoms with Crippen molar-refractivity contribution < 1.29 is 9.90 Å². The van der Waals surface area contributed by atoms with Crippen LogP contribution in [0.1, 0.15) is 12.8 Å². The van der Waals surface area contributed by atoms with Crippen LogP contribution in [0.3, 0.4) is 0 Å². The zero-order valence-electron chi connectivity index (χ0n) is 11.8. The number of nitrogen functional groups attached to an aromatic ring is 1. The Morgan fingerprint density at radius 1 is 1.43 bits per heavy atom. The third-order valence-corrected chi connectivity index (χ3v) is 4.78. The summed E-state index contributed by atoms with van der Waals surface area (Å²) in [5.74, 6) is 0.783. The first-order chi connectivity index (χ1) is 10.0. The number of fused-ring (bicyclic) bond motifs is 1. The summed E-state index contributed by atoms with van der Waals surface area (Å²) in [6.45, 7) is 2.03. The molecule has 1 aromatic rings. The van der Waals surface area contributed by atoms with Crippen molar-refractivity contribution in [2.45, 2.75) is 18.9 Å². The van der Waals surface area contributed by atoms with Crippen LogP contribution in [0.15, 0.2) is 18.2 Å². The maximum Gasteiger partial charge on any atom is 0.238 e. The molecule has 2 fully saturated rings. The van der Waals surface area contributed by atoms with Gasteiger partial charge in [-0.3, -0.25) is 9.69 Å². The standard InChI is InChI=1S/C15H20ClN3O2/c16-10-2-3-13(12(17)5-10)18-15(21)8-19-6-9-1-4-14(20)11(9)7-19/h2-3,5,9,11,14,20H,1,4,6-8,17H2,(H,18,21). The van der Waals surface area contributed by atoms with Crippen LogP contribution in [0.4, 0.5) is 11.4 Å². The molecule has 2 aliphatic rings. The number of hydrogen-bond acceptors (Lipinski definition) is 4. The summed E-state index contributed by atoms with van der Waals surface area (Å²) in [4.78, 5) is 14.2. The molecule has 1 heterocycles. The van der Waals surface area contributed by atoms with Crippen LogP contribution in [-0.4, -0.2) is 41.7 Å². The minimum absolute atomic E-state index is 0.0847. The smallest absolute Gasteiger partial charge is 0.238 e. The van der Waals surface area contributed by atoms with E-state index in [1.165, 1.54) is 0 Å². The number of rotatable bonds is 3. The van der Waals surface area contributed by atoms with Gasteiger partial charge in [0, 0.05) is 24.0 Å². The van der Waals surface area contributed by atoms with Gasteiger partial charge in [0.15, 0.2) is 0 Å². The van der Waals surface area contributed by atoms with Crippen LogP contribution in [0.2, 0.25) is 5.02 Å². The molecule has 1 amide bonds. The summed E-state index contributed by atoms with van der Waals surface area (Å²) >= 11 is 5.83. The second kappa shape index (κ2) is 5.83. The quantitative estimate of drug-likeness (QED) is 0.741. The van der Waals surface area contributed by atoms with Gasteiger partial charge in [-0.05, 0) is 37.0 Å². The lowest BCUT2D eigenvalue weighted by molar-refractivity contribution is -0.117. The summed E-state index contributed by atoms with van der Waals surface area (Å²) in [5.41, 5.74) is 6.87. The molecule has 1 aliphatic heterocycles. The molecular formula is C15H20ClN3O2. The van der Waals surface area contributed by atoms with Gasteiger partial charge in [0.2, 0.25) is 5.91 Å². The fourth-order valence-electron chi connectivity index (χ4n) is 3.50. The monoisotopic (exact) mass is 309 g/mol. The summed E-state index contributed by atoms with van der Waals surface area (Å²) in [6, 6.07) is 5.02. The summed E-state index contributed by atoms with van der Waals surface area (Å²) in [6.07, 6.45) is 1.76. The third-order valence-electron chi connectivity index (χ3n) is 4.55. The van der Waals surface area contributed by atoms with Gasteiger partial charge in [-0.2, -0.15) is 0 Å². The lowest BCUT2D eigenvalue weighted by atomic mass is 10.00. The van der Waals surface area contributed by atoms with E-state index in [9.17, 15) is 9.90 Å². The number of nitrogens with one attached hydrogen (secondary N) is 1. The van der Waals surface area contributed by atoms with Crippen LogP contribution in [-0.2, 0) is 4.79 Å². The number of amides is 1. The molecule has 0 radical (unpaired) electrons. The minimum Gasteiger partial charge on any atom is -0.397 e. The molecule has 5 nitrogen and oxygen atoms in total. The molecule has 3 atom stereocenters. The van der Waals surface area contributed by atoms with Gasteiger partial charge in [-0.15, -0.1) is 0 Å². The summed E-state index contributed by atoms with van der Waals surface area (Å²) in [7, 11) is 0. The molecule has 3 rings (SSSR count). The predicted octanol–water partition coefficient (Wildman–Crippen LogP) is 1.56. The van der Waals surface area contributed by atoms with E-state index in [2.05, 4.69) is 10.2 Å². The highest BCUT2D eigenvalue weighted by Crippen LogP contribution is 2.37. The number of benzene rings is 1. The second-order valence-corrected chi connectivity index (χ2v) is 6.48. The Labute approximate surface area is 129 Å². The Balaban J connectivity index is 1.55. The zero-order chi connectivity index (χ0) is 15.0. The molecule has 3 unspecified atom stereocenters. The van der Waals surface area contributed by atoms with E-state index >= 15 is 0 Å². The van der Waals surface area contributed by atoms with Gasteiger partial charge in [-0.25, -0.2) is 0 Å². The van der Waals surface area contributed by atoms with Crippen LogP contribution >= 0.6 is 11.6 Å². The Hall–Kier alpha value is -1.30. The number of likely N-dealkylation sites (tertiary alicyclic amines) is 1. The number of aliphatic hydroxyl groups excluding tert-OH is 1. The molecule has 1 aliphatic carbocycles. The van der Waals surface area contributed by atoms with Crippen molar-refractivity contribution >= 4 is 28.9 Å². The number of carbonyl (C=O) groups is 1. The fourth-order valence-corrected chi connectivity index (χ4v) is 3.68. The zero-order valence-corrected chi connectivity index (χ0v) is 12.5. The van der Waals surface area contributed by atoms with Crippen molar-refractivity contribution in [2.75, 3.05) is 30.7 Å². The summed E-state index contributed by atoms with van der Waals surface area (Å²) < 4.78 is 0. The van der Waals surface area contributed by atoms with E-state index < -0.39 is 0 Å². The molecule has 114 valence electrons. The van der Waals surface area contributed by atoms with E-state index in [1.807, 2.05) is 0 Å². The van der Waals surface area contributed by atoms with Gasteiger partial charge in [0.25, 0.3) is 0 Å². The molecule has 0 bridgehead atoms.